The second-order valence-corrected chi connectivity index (χ2v) is 4.46. The Morgan fingerprint density at radius 3 is 2.86 bits per heavy atom. The van der Waals surface area contributed by atoms with Crippen LogP contribution < -0.4 is 5.32 Å². The van der Waals surface area contributed by atoms with Crippen molar-refractivity contribution in [3.8, 4) is 0 Å². The van der Waals surface area contributed by atoms with E-state index in [9.17, 15) is 4.79 Å². The number of fused-ring (bicyclic) bond motifs is 1. The van der Waals surface area contributed by atoms with Crippen LogP contribution in [0.25, 0.3) is 0 Å². The van der Waals surface area contributed by atoms with Crippen LogP contribution in [-0.2, 0) is 10.2 Å². The Morgan fingerprint density at radius 2 is 2.14 bits per heavy atom. The third-order valence-corrected chi connectivity index (χ3v) is 2.62. The Hall–Kier alpha value is -1.38. The summed E-state index contributed by atoms with van der Waals surface area (Å²) in [7, 11) is 0. The number of rotatable bonds is 0. The number of hydrogen-bond donors (Lipinski definition) is 1. The summed E-state index contributed by atoms with van der Waals surface area (Å²) in [6, 6.07) is 4.04. The van der Waals surface area contributed by atoms with Crippen molar-refractivity contribution in [2.75, 3.05) is 5.32 Å². The van der Waals surface area contributed by atoms with E-state index in [1.165, 1.54) is 0 Å². The van der Waals surface area contributed by atoms with Crippen molar-refractivity contribution >= 4 is 11.7 Å². The molecule has 1 amide bonds. The Labute approximate surface area is 83.5 Å². The van der Waals surface area contributed by atoms with E-state index >= 15 is 0 Å². The maximum atomic E-state index is 11.4. The fourth-order valence-corrected chi connectivity index (χ4v) is 1.87. The first-order chi connectivity index (χ1) is 6.49. The molecule has 2 heterocycles. The average Bonchev–Trinajstić information content (AvgIpc) is 2.00. The molecule has 0 spiro atoms. The van der Waals surface area contributed by atoms with Gasteiger partial charge in [-0.15, -0.1) is 0 Å². The lowest BCUT2D eigenvalue weighted by Crippen LogP contribution is -2.33. The molecule has 74 valence electrons. The van der Waals surface area contributed by atoms with Gasteiger partial charge < -0.3 is 5.32 Å². The number of anilines is 1. The summed E-state index contributed by atoms with van der Waals surface area (Å²) < 4.78 is 0. The molecule has 0 fully saturated rings. The highest BCUT2D eigenvalue weighted by molar-refractivity contribution is 5.94. The van der Waals surface area contributed by atoms with Crippen molar-refractivity contribution in [2.24, 2.45) is 0 Å². The fraction of sp³-hybridized carbons (Fsp3) is 0.455. The van der Waals surface area contributed by atoms with Gasteiger partial charge in [-0.1, -0.05) is 19.9 Å². The lowest BCUT2D eigenvalue weighted by molar-refractivity contribution is -0.117. The first-order valence-corrected chi connectivity index (χ1v) is 4.77. The summed E-state index contributed by atoms with van der Waals surface area (Å²) in [5.74, 6) is 0.784. The molecule has 0 aromatic carbocycles. The molecular weight excluding hydrogens is 176 g/mol. The highest BCUT2D eigenvalue weighted by atomic mass is 16.1. The van der Waals surface area contributed by atoms with Gasteiger partial charge in [0.15, 0.2) is 0 Å². The first kappa shape index (κ1) is 9.19. The number of pyridine rings is 1. The van der Waals surface area contributed by atoms with E-state index in [-0.39, 0.29) is 11.3 Å². The summed E-state index contributed by atoms with van der Waals surface area (Å²) in [5.41, 5.74) is 1.96. The number of hydrogen-bond acceptors (Lipinski definition) is 2. The van der Waals surface area contributed by atoms with Gasteiger partial charge in [-0.05, 0) is 13.0 Å². The van der Waals surface area contributed by atoms with Crippen molar-refractivity contribution in [3.63, 3.8) is 0 Å². The zero-order chi connectivity index (χ0) is 10.3. The van der Waals surface area contributed by atoms with Gasteiger partial charge in [0.2, 0.25) is 5.91 Å². The number of aryl methyl sites for hydroxylation is 1. The van der Waals surface area contributed by atoms with Crippen molar-refractivity contribution in [3.05, 3.63) is 23.4 Å². The number of aromatic nitrogens is 1. The maximum absolute atomic E-state index is 11.4. The summed E-state index contributed by atoms with van der Waals surface area (Å²) >= 11 is 0. The number of carbonyl (C=O) groups is 1. The largest absolute Gasteiger partial charge is 0.310 e. The van der Waals surface area contributed by atoms with E-state index in [0.717, 1.165) is 17.1 Å². The second-order valence-electron chi connectivity index (χ2n) is 4.46. The molecule has 14 heavy (non-hydrogen) atoms. The number of carbonyl (C=O) groups excluding carboxylic acids is 1. The Morgan fingerprint density at radius 1 is 1.43 bits per heavy atom. The van der Waals surface area contributed by atoms with E-state index in [1.54, 1.807) is 0 Å². The minimum absolute atomic E-state index is 0.0561. The van der Waals surface area contributed by atoms with Crippen molar-refractivity contribution in [1.29, 1.82) is 0 Å². The molecule has 3 heteroatoms. The van der Waals surface area contributed by atoms with Crippen LogP contribution in [0, 0.1) is 6.92 Å². The smallest absolute Gasteiger partial charge is 0.226 e. The van der Waals surface area contributed by atoms with E-state index in [2.05, 4.69) is 30.2 Å². The van der Waals surface area contributed by atoms with Crippen LogP contribution in [-0.4, -0.2) is 10.9 Å². The molecule has 0 unspecified atom stereocenters. The van der Waals surface area contributed by atoms with Crippen molar-refractivity contribution in [2.45, 2.75) is 32.6 Å². The minimum Gasteiger partial charge on any atom is -0.310 e. The molecule has 0 saturated heterocycles. The van der Waals surface area contributed by atoms with Crippen LogP contribution in [0.1, 0.15) is 31.5 Å². The quantitative estimate of drug-likeness (QED) is 0.680. The van der Waals surface area contributed by atoms with E-state index in [0.29, 0.717) is 6.42 Å². The molecule has 3 nitrogen and oxygen atoms in total. The predicted octanol–water partition coefficient (Wildman–Crippen LogP) is 2.01. The maximum Gasteiger partial charge on any atom is 0.226 e. The lowest BCUT2D eigenvalue weighted by atomic mass is 9.79. The highest BCUT2D eigenvalue weighted by Gasteiger charge is 2.32. The lowest BCUT2D eigenvalue weighted by Gasteiger charge is -2.31. The SMILES string of the molecule is Cc1ccc2c(n1)NC(=O)CC2(C)C. The standard InChI is InChI=1S/C11H14N2O/c1-7-4-5-8-10(12-7)13-9(14)6-11(8,2)3/h4-5H,6H2,1-3H3,(H,12,13,14). The number of amides is 1. The molecule has 2 rings (SSSR count). The van der Waals surface area contributed by atoms with Crippen LogP contribution in [0.3, 0.4) is 0 Å². The summed E-state index contributed by atoms with van der Waals surface area (Å²) in [4.78, 5) is 15.7. The fourth-order valence-electron chi connectivity index (χ4n) is 1.87. The van der Waals surface area contributed by atoms with Gasteiger partial charge in [0.05, 0.1) is 0 Å². The number of nitrogens with one attached hydrogen (secondary N) is 1. The van der Waals surface area contributed by atoms with Gasteiger partial charge in [0.25, 0.3) is 0 Å². The molecule has 1 aliphatic rings. The molecule has 0 saturated carbocycles. The van der Waals surface area contributed by atoms with Gasteiger partial charge in [-0.25, -0.2) is 4.98 Å². The summed E-state index contributed by atoms with van der Waals surface area (Å²) in [5, 5.41) is 2.81. The van der Waals surface area contributed by atoms with Crippen LogP contribution in [0.5, 0.6) is 0 Å². The number of nitrogens with zero attached hydrogens (tertiary/aromatic N) is 1. The molecule has 1 aromatic rings. The normalized spacial score (nSPS) is 18.6. The first-order valence-electron chi connectivity index (χ1n) is 4.77. The Bertz CT molecular complexity index is 396. The third kappa shape index (κ3) is 1.39. The van der Waals surface area contributed by atoms with Gasteiger partial charge in [-0.2, -0.15) is 0 Å². The zero-order valence-corrected chi connectivity index (χ0v) is 8.72. The van der Waals surface area contributed by atoms with Crippen LogP contribution >= 0.6 is 0 Å². The van der Waals surface area contributed by atoms with Gasteiger partial charge in [-0.3, -0.25) is 4.79 Å². The Balaban J connectivity index is 2.57. The molecule has 1 N–H and O–H groups in total. The zero-order valence-electron chi connectivity index (χ0n) is 8.72. The molecule has 1 aliphatic heterocycles. The van der Waals surface area contributed by atoms with Gasteiger partial charge in [0.1, 0.15) is 5.82 Å². The molecule has 0 aliphatic carbocycles. The average molecular weight is 190 g/mol. The highest BCUT2D eigenvalue weighted by Crippen LogP contribution is 2.35. The monoisotopic (exact) mass is 190 g/mol. The summed E-state index contributed by atoms with van der Waals surface area (Å²) in [6.45, 7) is 6.07. The molecule has 0 atom stereocenters. The minimum atomic E-state index is -0.0988. The van der Waals surface area contributed by atoms with Crippen molar-refractivity contribution < 1.29 is 4.79 Å². The van der Waals surface area contributed by atoms with Crippen molar-refractivity contribution in [1.82, 2.24) is 4.98 Å². The van der Waals surface area contributed by atoms with Gasteiger partial charge >= 0.3 is 0 Å². The molecule has 0 radical (unpaired) electrons. The van der Waals surface area contributed by atoms with E-state index in [1.807, 2.05) is 13.0 Å². The van der Waals surface area contributed by atoms with Gasteiger partial charge in [0, 0.05) is 23.1 Å². The summed E-state index contributed by atoms with van der Waals surface area (Å²) in [6.07, 6.45) is 0.532. The molecular formula is C11H14N2O. The van der Waals surface area contributed by atoms with E-state index in [4.69, 9.17) is 0 Å². The van der Waals surface area contributed by atoms with Crippen LogP contribution in [0.15, 0.2) is 12.1 Å². The topological polar surface area (TPSA) is 42.0 Å². The molecule has 0 bridgehead atoms. The predicted molar refractivity (Wildman–Crippen MR) is 55.2 cm³/mol. The molecule has 1 aromatic heterocycles. The van der Waals surface area contributed by atoms with Crippen LogP contribution in [0.2, 0.25) is 0 Å². The van der Waals surface area contributed by atoms with E-state index < -0.39 is 0 Å². The van der Waals surface area contributed by atoms with Crippen LogP contribution in [0.4, 0.5) is 5.82 Å². The second kappa shape index (κ2) is 2.80. The Kier molecular flexibility index (Phi) is 1.84. The third-order valence-electron chi connectivity index (χ3n) is 2.62.